The van der Waals surface area contributed by atoms with Crippen LogP contribution in [0.2, 0.25) is 0 Å². The summed E-state index contributed by atoms with van der Waals surface area (Å²) in [6, 6.07) is 9.46. The van der Waals surface area contributed by atoms with Gasteiger partial charge in [0.1, 0.15) is 5.03 Å². The third-order valence-corrected chi connectivity index (χ3v) is 4.01. The number of hydrogen-bond acceptors (Lipinski definition) is 6. The van der Waals surface area contributed by atoms with Gasteiger partial charge in [-0.25, -0.2) is 4.68 Å². The molecular weight excluding hydrogens is 322 g/mol. The van der Waals surface area contributed by atoms with Crippen molar-refractivity contribution < 1.29 is 0 Å². The van der Waals surface area contributed by atoms with Gasteiger partial charge in [-0.1, -0.05) is 26.0 Å². The molecule has 7 nitrogen and oxygen atoms in total. The summed E-state index contributed by atoms with van der Waals surface area (Å²) in [5.41, 5.74) is 2.44. The molecule has 0 radical (unpaired) electrons. The third-order valence-electron chi connectivity index (χ3n) is 3.54. The molecular formula is C16H17N7S. The zero-order valence-electron chi connectivity index (χ0n) is 13.5. The van der Waals surface area contributed by atoms with Gasteiger partial charge in [0.15, 0.2) is 5.82 Å². The zero-order valence-corrected chi connectivity index (χ0v) is 14.4. The van der Waals surface area contributed by atoms with Crippen molar-refractivity contribution in [2.45, 2.75) is 32.0 Å². The molecule has 122 valence electrons. The van der Waals surface area contributed by atoms with Gasteiger partial charge in [-0.3, -0.25) is 4.68 Å². The highest BCUT2D eigenvalue weighted by molar-refractivity contribution is 7.80. The predicted molar refractivity (Wildman–Crippen MR) is 91.4 cm³/mol. The van der Waals surface area contributed by atoms with Crippen molar-refractivity contribution in [1.29, 1.82) is 5.26 Å². The minimum absolute atomic E-state index is 0.471. The van der Waals surface area contributed by atoms with E-state index in [0.29, 0.717) is 23.9 Å². The van der Waals surface area contributed by atoms with Gasteiger partial charge >= 0.3 is 0 Å². The Hall–Kier alpha value is -2.66. The highest BCUT2D eigenvalue weighted by Crippen LogP contribution is 2.25. The fraction of sp³-hybridized carbons (Fsp3) is 0.312. The third kappa shape index (κ3) is 3.31. The van der Waals surface area contributed by atoms with Gasteiger partial charge in [0.2, 0.25) is 0 Å². The van der Waals surface area contributed by atoms with Crippen molar-refractivity contribution in [1.82, 2.24) is 30.0 Å². The predicted octanol–water partition coefficient (Wildman–Crippen LogP) is 2.40. The molecule has 2 aromatic heterocycles. The second-order valence-corrected chi connectivity index (χ2v) is 6.35. The van der Waals surface area contributed by atoms with Gasteiger partial charge in [-0.2, -0.15) is 10.4 Å². The Morgan fingerprint density at radius 3 is 2.62 bits per heavy atom. The second-order valence-electron chi connectivity index (χ2n) is 5.93. The van der Waals surface area contributed by atoms with Crippen LogP contribution in [-0.4, -0.2) is 30.0 Å². The van der Waals surface area contributed by atoms with Crippen LogP contribution in [0.15, 0.2) is 35.5 Å². The average Bonchev–Trinajstić information content (AvgIpc) is 3.15. The molecule has 0 amide bonds. The van der Waals surface area contributed by atoms with E-state index in [1.807, 2.05) is 16.8 Å². The van der Waals surface area contributed by atoms with Crippen molar-refractivity contribution in [3.05, 3.63) is 41.6 Å². The molecule has 0 saturated carbocycles. The van der Waals surface area contributed by atoms with Gasteiger partial charge in [0, 0.05) is 6.54 Å². The lowest BCUT2D eigenvalue weighted by Crippen LogP contribution is -2.07. The zero-order chi connectivity index (χ0) is 17.1. The highest BCUT2D eigenvalue weighted by Gasteiger charge is 2.17. The maximum atomic E-state index is 8.87. The van der Waals surface area contributed by atoms with E-state index in [9.17, 15) is 0 Å². The van der Waals surface area contributed by atoms with Crippen molar-refractivity contribution in [3.8, 4) is 17.5 Å². The van der Waals surface area contributed by atoms with Gasteiger partial charge in [0.25, 0.3) is 0 Å². The van der Waals surface area contributed by atoms with Crippen LogP contribution in [0.1, 0.15) is 25.0 Å². The fourth-order valence-corrected chi connectivity index (χ4v) is 2.67. The van der Waals surface area contributed by atoms with E-state index in [4.69, 9.17) is 5.26 Å². The van der Waals surface area contributed by atoms with Crippen LogP contribution >= 0.6 is 12.6 Å². The molecule has 0 N–H and O–H groups in total. The molecule has 0 saturated heterocycles. The Bertz CT molecular complexity index is 871. The van der Waals surface area contributed by atoms with E-state index in [-0.39, 0.29) is 0 Å². The molecule has 0 atom stereocenters. The van der Waals surface area contributed by atoms with Crippen LogP contribution in [0, 0.1) is 17.2 Å². The minimum Gasteiger partial charge on any atom is -0.258 e. The Morgan fingerprint density at radius 2 is 1.96 bits per heavy atom. The Labute approximate surface area is 145 Å². The number of benzene rings is 1. The molecule has 8 heteroatoms. The van der Waals surface area contributed by atoms with Crippen LogP contribution in [0.3, 0.4) is 0 Å². The molecule has 3 rings (SSSR count). The van der Waals surface area contributed by atoms with Crippen LogP contribution in [0.25, 0.3) is 11.4 Å². The number of aromatic nitrogens is 6. The average molecular weight is 339 g/mol. The minimum atomic E-state index is 0.471. The number of hydrogen-bond donors (Lipinski definition) is 1. The molecule has 0 unspecified atom stereocenters. The first-order valence-corrected chi connectivity index (χ1v) is 8.03. The maximum Gasteiger partial charge on any atom is 0.186 e. The lowest BCUT2D eigenvalue weighted by atomic mass is 10.1. The van der Waals surface area contributed by atoms with E-state index < -0.39 is 0 Å². The summed E-state index contributed by atoms with van der Waals surface area (Å²) in [4.78, 5) is 0. The van der Waals surface area contributed by atoms with Crippen LogP contribution in [0.5, 0.6) is 0 Å². The summed E-state index contributed by atoms with van der Waals surface area (Å²) in [6.45, 7) is 5.56. The fourth-order valence-electron chi connectivity index (χ4n) is 2.38. The molecule has 1 aromatic carbocycles. The van der Waals surface area contributed by atoms with Crippen molar-refractivity contribution in [2.24, 2.45) is 5.92 Å². The van der Waals surface area contributed by atoms with Gasteiger partial charge in [-0.15, -0.1) is 17.7 Å². The van der Waals surface area contributed by atoms with Crippen molar-refractivity contribution >= 4 is 12.6 Å². The van der Waals surface area contributed by atoms with Gasteiger partial charge in [0.05, 0.1) is 29.9 Å². The molecule has 0 bridgehead atoms. The summed E-state index contributed by atoms with van der Waals surface area (Å²) in [6.07, 6.45) is 1.74. The van der Waals surface area contributed by atoms with Crippen LogP contribution in [0.4, 0.5) is 0 Å². The normalized spacial score (nSPS) is 11.0. The number of tetrazole rings is 1. The molecule has 0 aliphatic heterocycles. The lowest BCUT2D eigenvalue weighted by Gasteiger charge is -2.07. The number of rotatable bonds is 5. The molecule has 0 fully saturated rings. The first-order valence-electron chi connectivity index (χ1n) is 7.59. The highest BCUT2D eigenvalue weighted by atomic mass is 32.1. The summed E-state index contributed by atoms with van der Waals surface area (Å²) in [7, 11) is 0. The Balaban J connectivity index is 1.88. The van der Waals surface area contributed by atoms with Crippen molar-refractivity contribution in [3.63, 3.8) is 0 Å². The van der Waals surface area contributed by atoms with E-state index >= 15 is 0 Å². The van der Waals surface area contributed by atoms with Crippen LogP contribution in [-0.2, 0) is 13.1 Å². The van der Waals surface area contributed by atoms with Gasteiger partial charge < -0.3 is 0 Å². The van der Waals surface area contributed by atoms with E-state index in [1.54, 1.807) is 23.0 Å². The van der Waals surface area contributed by atoms with Crippen molar-refractivity contribution in [2.75, 3.05) is 0 Å². The summed E-state index contributed by atoms with van der Waals surface area (Å²) < 4.78 is 3.56. The van der Waals surface area contributed by atoms with E-state index in [2.05, 4.69) is 53.2 Å². The maximum absolute atomic E-state index is 8.87. The number of nitrogens with zero attached hydrogens (tertiary/aromatic N) is 7. The second kappa shape index (κ2) is 6.84. The molecule has 0 aliphatic carbocycles. The Morgan fingerprint density at radius 1 is 1.21 bits per heavy atom. The van der Waals surface area contributed by atoms with Gasteiger partial charge in [-0.05, 0) is 34.0 Å². The summed E-state index contributed by atoms with van der Waals surface area (Å²) >= 11 is 4.58. The standard InChI is InChI=1S/C16H17N7S/c1-11(2)9-23-16(24)14(8-18-23)15-19-20-21-22(15)10-13-5-3-12(7-17)4-6-13/h3-6,8,11,24H,9-10H2,1-2H3. The first kappa shape index (κ1) is 16.2. The summed E-state index contributed by atoms with van der Waals surface area (Å²) in [5, 5.41) is 26.0. The monoisotopic (exact) mass is 339 g/mol. The van der Waals surface area contributed by atoms with E-state index in [0.717, 1.165) is 22.7 Å². The molecule has 0 spiro atoms. The molecule has 3 aromatic rings. The lowest BCUT2D eigenvalue weighted by molar-refractivity contribution is 0.457. The topological polar surface area (TPSA) is 85.2 Å². The SMILES string of the molecule is CC(C)Cn1ncc(-c2nnnn2Cc2ccc(C#N)cc2)c1S. The Kier molecular flexibility index (Phi) is 4.62. The first-order chi connectivity index (χ1) is 11.6. The smallest absolute Gasteiger partial charge is 0.186 e. The van der Waals surface area contributed by atoms with Crippen LogP contribution < -0.4 is 0 Å². The molecule has 0 aliphatic rings. The number of nitriles is 1. The van der Waals surface area contributed by atoms with E-state index in [1.165, 1.54) is 0 Å². The quantitative estimate of drug-likeness (QED) is 0.722. The summed E-state index contributed by atoms with van der Waals surface area (Å²) in [5.74, 6) is 1.10. The number of thiol groups is 1. The molecule has 2 heterocycles. The molecule has 24 heavy (non-hydrogen) atoms. The largest absolute Gasteiger partial charge is 0.258 e.